The molecule has 3 rings (SSSR count). The Hall–Kier alpha value is -1.66. The van der Waals surface area contributed by atoms with Crippen LogP contribution in [0.5, 0.6) is 0 Å². The lowest BCUT2D eigenvalue weighted by Gasteiger charge is -2.32. The standard InChI is InChI=1S/C14H20N4O2/c1-10-4-12(16-20-10)6-18-5-11(8-19-3)14-13(7-18)15-9-17(14)2/h4,9,11H,5-8H2,1-3H3/t11-/m0/s1. The van der Waals surface area contributed by atoms with Crippen LogP contribution in [-0.2, 0) is 24.9 Å². The second-order valence-corrected chi connectivity index (χ2v) is 5.44. The van der Waals surface area contributed by atoms with E-state index in [1.165, 1.54) is 5.69 Å². The Morgan fingerprint density at radius 3 is 3.05 bits per heavy atom. The number of hydrogen-bond acceptors (Lipinski definition) is 5. The zero-order chi connectivity index (χ0) is 14.1. The van der Waals surface area contributed by atoms with Crippen LogP contribution in [-0.4, -0.2) is 39.9 Å². The lowest BCUT2D eigenvalue weighted by Crippen LogP contribution is -2.35. The molecular formula is C14H20N4O2. The Bertz CT molecular complexity index is 590. The van der Waals surface area contributed by atoms with Crippen LogP contribution in [0, 0.1) is 6.92 Å². The van der Waals surface area contributed by atoms with Crippen LogP contribution in [0.15, 0.2) is 16.9 Å². The van der Waals surface area contributed by atoms with Crippen molar-refractivity contribution >= 4 is 0 Å². The smallest absolute Gasteiger partial charge is 0.133 e. The van der Waals surface area contributed by atoms with Gasteiger partial charge in [0.2, 0.25) is 0 Å². The predicted octanol–water partition coefficient (Wildman–Crippen LogP) is 1.46. The number of aryl methyl sites for hydroxylation is 2. The predicted molar refractivity (Wildman–Crippen MR) is 73.2 cm³/mol. The molecule has 0 aliphatic carbocycles. The molecule has 2 aromatic heterocycles. The van der Waals surface area contributed by atoms with Gasteiger partial charge in [-0.15, -0.1) is 0 Å². The Balaban J connectivity index is 1.79. The van der Waals surface area contributed by atoms with E-state index in [2.05, 4.69) is 19.6 Å². The molecule has 0 bridgehead atoms. The van der Waals surface area contributed by atoms with Gasteiger partial charge < -0.3 is 13.8 Å². The molecule has 3 heterocycles. The normalized spacial score (nSPS) is 19.2. The molecule has 6 nitrogen and oxygen atoms in total. The van der Waals surface area contributed by atoms with Crippen LogP contribution in [0.2, 0.25) is 0 Å². The summed E-state index contributed by atoms with van der Waals surface area (Å²) in [7, 11) is 3.79. The average Bonchev–Trinajstić information content (AvgIpc) is 2.97. The van der Waals surface area contributed by atoms with Gasteiger partial charge in [0.15, 0.2) is 0 Å². The minimum atomic E-state index is 0.351. The van der Waals surface area contributed by atoms with Gasteiger partial charge in [-0.25, -0.2) is 4.98 Å². The van der Waals surface area contributed by atoms with E-state index < -0.39 is 0 Å². The number of rotatable bonds is 4. The molecule has 0 aromatic carbocycles. The first-order chi connectivity index (χ1) is 9.67. The van der Waals surface area contributed by atoms with Gasteiger partial charge in [-0.3, -0.25) is 4.90 Å². The van der Waals surface area contributed by atoms with E-state index in [0.29, 0.717) is 12.5 Å². The van der Waals surface area contributed by atoms with Crippen molar-refractivity contribution in [2.75, 3.05) is 20.3 Å². The third-order valence-corrected chi connectivity index (χ3v) is 3.73. The van der Waals surface area contributed by atoms with Crippen LogP contribution >= 0.6 is 0 Å². The molecule has 0 saturated carbocycles. The molecule has 1 aliphatic heterocycles. The summed E-state index contributed by atoms with van der Waals surface area (Å²) in [6.07, 6.45) is 1.89. The lowest BCUT2D eigenvalue weighted by molar-refractivity contribution is 0.130. The molecule has 108 valence electrons. The zero-order valence-electron chi connectivity index (χ0n) is 12.2. The first kappa shape index (κ1) is 13.3. The second-order valence-electron chi connectivity index (χ2n) is 5.44. The van der Waals surface area contributed by atoms with E-state index >= 15 is 0 Å². The van der Waals surface area contributed by atoms with Gasteiger partial charge in [0.25, 0.3) is 0 Å². The summed E-state index contributed by atoms with van der Waals surface area (Å²) in [4.78, 5) is 6.85. The minimum absolute atomic E-state index is 0.351. The fourth-order valence-electron chi connectivity index (χ4n) is 2.98. The van der Waals surface area contributed by atoms with Crippen molar-refractivity contribution in [3.8, 4) is 0 Å². The molecule has 0 saturated heterocycles. The van der Waals surface area contributed by atoms with Crippen LogP contribution < -0.4 is 0 Å². The number of hydrogen-bond donors (Lipinski definition) is 0. The van der Waals surface area contributed by atoms with E-state index in [4.69, 9.17) is 9.26 Å². The van der Waals surface area contributed by atoms with Gasteiger partial charge in [-0.2, -0.15) is 0 Å². The topological polar surface area (TPSA) is 56.3 Å². The molecule has 0 amide bonds. The first-order valence-electron chi connectivity index (χ1n) is 6.81. The largest absolute Gasteiger partial charge is 0.384 e. The number of imidazole rings is 1. The Labute approximate surface area is 118 Å². The average molecular weight is 276 g/mol. The summed E-state index contributed by atoms with van der Waals surface area (Å²) in [6.45, 7) is 5.21. The highest BCUT2D eigenvalue weighted by Crippen LogP contribution is 2.28. The SMILES string of the molecule is COC[C@@H]1CN(Cc2cc(C)on2)Cc2ncn(C)c21. The van der Waals surface area contributed by atoms with Gasteiger partial charge in [-0.05, 0) is 6.92 Å². The van der Waals surface area contributed by atoms with Crippen molar-refractivity contribution < 1.29 is 9.26 Å². The molecule has 2 aromatic rings. The highest BCUT2D eigenvalue weighted by atomic mass is 16.5. The van der Waals surface area contributed by atoms with Crippen molar-refractivity contribution in [1.29, 1.82) is 0 Å². The Morgan fingerprint density at radius 1 is 1.50 bits per heavy atom. The van der Waals surface area contributed by atoms with Crippen LogP contribution in [0.3, 0.4) is 0 Å². The molecule has 0 radical (unpaired) electrons. The number of fused-ring (bicyclic) bond motifs is 1. The van der Waals surface area contributed by atoms with E-state index in [0.717, 1.165) is 36.8 Å². The van der Waals surface area contributed by atoms with E-state index in [1.807, 2.05) is 26.4 Å². The highest BCUT2D eigenvalue weighted by molar-refractivity contribution is 5.22. The third kappa shape index (κ3) is 2.48. The quantitative estimate of drug-likeness (QED) is 0.846. The number of nitrogens with zero attached hydrogens (tertiary/aromatic N) is 4. The van der Waals surface area contributed by atoms with Crippen molar-refractivity contribution in [2.24, 2.45) is 7.05 Å². The monoisotopic (exact) mass is 276 g/mol. The number of ether oxygens (including phenoxy) is 1. The zero-order valence-corrected chi connectivity index (χ0v) is 12.2. The molecule has 1 atom stereocenters. The lowest BCUT2D eigenvalue weighted by atomic mass is 9.99. The van der Waals surface area contributed by atoms with Gasteiger partial charge in [-0.1, -0.05) is 5.16 Å². The second kappa shape index (κ2) is 5.38. The molecule has 6 heteroatoms. The molecule has 0 N–H and O–H groups in total. The summed E-state index contributed by atoms with van der Waals surface area (Å²) in [5.74, 6) is 1.20. The fourth-order valence-corrected chi connectivity index (χ4v) is 2.98. The number of aromatic nitrogens is 3. The van der Waals surface area contributed by atoms with Crippen molar-refractivity contribution in [3.05, 3.63) is 35.2 Å². The Kier molecular flexibility index (Phi) is 3.58. The summed E-state index contributed by atoms with van der Waals surface area (Å²) in [5.41, 5.74) is 3.40. The maximum Gasteiger partial charge on any atom is 0.133 e. The van der Waals surface area contributed by atoms with Crippen molar-refractivity contribution in [3.63, 3.8) is 0 Å². The molecule has 0 fully saturated rings. The number of methoxy groups -OCH3 is 1. The van der Waals surface area contributed by atoms with Crippen molar-refractivity contribution in [1.82, 2.24) is 19.6 Å². The van der Waals surface area contributed by atoms with Gasteiger partial charge in [0.05, 0.1) is 24.3 Å². The van der Waals surface area contributed by atoms with Crippen LogP contribution in [0.4, 0.5) is 0 Å². The molecule has 1 aliphatic rings. The first-order valence-corrected chi connectivity index (χ1v) is 6.81. The van der Waals surface area contributed by atoms with E-state index in [1.54, 1.807) is 7.11 Å². The minimum Gasteiger partial charge on any atom is -0.384 e. The summed E-state index contributed by atoms with van der Waals surface area (Å²) in [6, 6.07) is 1.99. The molecule has 0 spiro atoms. The summed E-state index contributed by atoms with van der Waals surface area (Å²) >= 11 is 0. The van der Waals surface area contributed by atoms with Crippen molar-refractivity contribution in [2.45, 2.75) is 25.9 Å². The summed E-state index contributed by atoms with van der Waals surface area (Å²) in [5, 5.41) is 4.07. The summed E-state index contributed by atoms with van der Waals surface area (Å²) < 4.78 is 12.6. The maximum absolute atomic E-state index is 5.36. The van der Waals surface area contributed by atoms with Gasteiger partial charge in [0, 0.05) is 51.5 Å². The molecule has 0 unspecified atom stereocenters. The Morgan fingerprint density at radius 2 is 2.35 bits per heavy atom. The van der Waals surface area contributed by atoms with Crippen LogP contribution in [0.1, 0.15) is 28.8 Å². The highest BCUT2D eigenvalue weighted by Gasteiger charge is 2.29. The molecular weight excluding hydrogens is 256 g/mol. The van der Waals surface area contributed by atoms with E-state index in [-0.39, 0.29) is 0 Å². The van der Waals surface area contributed by atoms with Gasteiger partial charge >= 0.3 is 0 Å². The van der Waals surface area contributed by atoms with E-state index in [9.17, 15) is 0 Å². The van der Waals surface area contributed by atoms with Gasteiger partial charge in [0.1, 0.15) is 5.76 Å². The maximum atomic E-state index is 5.36. The van der Waals surface area contributed by atoms with Crippen LogP contribution in [0.25, 0.3) is 0 Å². The molecule has 20 heavy (non-hydrogen) atoms. The third-order valence-electron chi connectivity index (χ3n) is 3.73. The fraction of sp³-hybridized carbons (Fsp3) is 0.571.